The first-order valence-corrected chi connectivity index (χ1v) is 14.5. The molecule has 0 radical (unpaired) electrons. The molecule has 9 nitrogen and oxygen atoms in total. The molecule has 0 amide bonds. The molecule has 0 saturated carbocycles. The topological polar surface area (TPSA) is 103 Å². The maximum atomic E-state index is 6.35. The largest absolute Gasteiger partial charge is 0.383 e. The number of nitrogens with zero attached hydrogens (tertiary/aromatic N) is 7. The highest BCUT2D eigenvalue weighted by Crippen LogP contribution is 2.36. The molecule has 6 aromatic rings. The predicted molar refractivity (Wildman–Crippen MR) is 165 cm³/mol. The lowest BCUT2D eigenvalue weighted by molar-refractivity contribution is 0.454. The van der Waals surface area contributed by atoms with E-state index < -0.39 is 0 Å². The van der Waals surface area contributed by atoms with Gasteiger partial charge in [0.25, 0.3) is 0 Å². The van der Waals surface area contributed by atoms with Crippen LogP contribution in [-0.4, -0.2) is 48.4 Å². The molecular formula is C33H31N9. The minimum atomic E-state index is 0.354. The number of aryl methyl sites for hydroxylation is 1. The number of pyridine rings is 2. The zero-order valence-corrected chi connectivity index (χ0v) is 23.1. The van der Waals surface area contributed by atoms with E-state index in [1.54, 1.807) is 17.1 Å². The van der Waals surface area contributed by atoms with Crippen molar-refractivity contribution < 1.29 is 0 Å². The van der Waals surface area contributed by atoms with Crippen LogP contribution in [0.15, 0.2) is 97.5 Å². The maximum absolute atomic E-state index is 6.35. The monoisotopic (exact) mass is 553 g/mol. The van der Waals surface area contributed by atoms with E-state index in [4.69, 9.17) is 15.7 Å². The van der Waals surface area contributed by atoms with Gasteiger partial charge in [0.05, 0.1) is 5.56 Å². The van der Waals surface area contributed by atoms with Gasteiger partial charge < -0.3 is 16.0 Å². The number of hydrogen-bond donors (Lipinski definition) is 2. The van der Waals surface area contributed by atoms with Gasteiger partial charge in [-0.1, -0.05) is 24.3 Å². The molecule has 42 heavy (non-hydrogen) atoms. The Morgan fingerprint density at radius 2 is 1.79 bits per heavy atom. The van der Waals surface area contributed by atoms with E-state index in [9.17, 15) is 0 Å². The van der Waals surface area contributed by atoms with Crippen molar-refractivity contribution in [1.29, 1.82) is 0 Å². The standard InChI is InChI=1S/C33H31N9/c34-31-27(8-4-16-35-31)32-38-29-13-14-30(41-18-5-17-36-41)39-33(29)42(32)25-10-11-26-22(20-25)9-12-28(26)37-23-15-19-40(21-23)24-6-2-1-3-7-24/h1-8,10-11,13-14,16-18,20,23,28,37H,9,12,15,19,21H2,(H2,34,35)/t23-,28+/m1/s1. The van der Waals surface area contributed by atoms with E-state index in [1.807, 2.05) is 36.5 Å². The summed E-state index contributed by atoms with van der Waals surface area (Å²) in [6, 6.07) is 28.0. The van der Waals surface area contributed by atoms with Gasteiger partial charge in [-0.2, -0.15) is 5.10 Å². The molecular weight excluding hydrogens is 522 g/mol. The van der Waals surface area contributed by atoms with Crippen molar-refractivity contribution in [1.82, 2.24) is 34.6 Å². The Labute approximate surface area is 243 Å². The maximum Gasteiger partial charge on any atom is 0.167 e. The van der Waals surface area contributed by atoms with Crippen LogP contribution < -0.4 is 16.0 Å². The van der Waals surface area contributed by atoms with Crippen molar-refractivity contribution >= 4 is 22.7 Å². The van der Waals surface area contributed by atoms with E-state index in [1.165, 1.54) is 16.8 Å². The summed E-state index contributed by atoms with van der Waals surface area (Å²) < 4.78 is 3.86. The van der Waals surface area contributed by atoms with Crippen LogP contribution in [0.1, 0.15) is 30.0 Å². The lowest BCUT2D eigenvalue weighted by Gasteiger charge is -2.22. The number of nitrogen functional groups attached to an aromatic ring is 1. The van der Waals surface area contributed by atoms with Crippen molar-refractivity contribution in [3.05, 3.63) is 109 Å². The number of fused-ring (bicyclic) bond motifs is 2. The van der Waals surface area contributed by atoms with Crippen LogP contribution in [0.2, 0.25) is 0 Å². The number of anilines is 2. The van der Waals surface area contributed by atoms with Gasteiger partial charge in [0.2, 0.25) is 0 Å². The van der Waals surface area contributed by atoms with Crippen LogP contribution in [0.25, 0.3) is 34.1 Å². The second kappa shape index (κ2) is 10.1. The van der Waals surface area contributed by atoms with Crippen LogP contribution >= 0.6 is 0 Å². The van der Waals surface area contributed by atoms with Gasteiger partial charge in [-0.05, 0) is 85.0 Å². The average molecular weight is 554 g/mol. The fourth-order valence-electron chi connectivity index (χ4n) is 6.48. The molecule has 1 fully saturated rings. The summed E-state index contributed by atoms with van der Waals surface area (Å²) in [7, 11) is 0. The predicted octanol–water partition coefficient (Wildman–Crippen LogP) is 5.11. The fraction of sp³-hybridized carbons (Fsp3) is 0.212. The summed E-state index contributed by atoms with van der Waals surface area (Å²) in [4.78, 5) is 16.8. The smallest absolute Gasteiger partial charge is 0.167 e. The Balaban J connectivity index is 1.14. The zero-order valence-electron chi connectivity index (χ0n) is 23.1. The van der Waals surface area contributed by atoms with Gasteiger partial charge >= 0.3 is 0 Å². The van der Waals surface area contributed by atoms with Gasteiger partial charge in [-0.25, -0.2) is 19.6 Å². The number of para-hydroxylation sites is 1. The number of imidazole rings is 1. The normalized spacial score (nSPS) is 18.1. The molecule has 2 aliphatic rings. The number of nitrogens with one attached hydrogen (secondary N) is 1. The van der Waals surface area contributed by atoms with Crippen LogP contribution in [0, 0.1) is 0 Å². The number of rotatable bonds is 6. The van der Waals surface area contributed by atoms with E-state index in [0.717, 1.165) is 66.4 Å². The molecule has 1 aliphatic carbocycles. The summed E-state index contributed by atoms with van der Waals surface area (Å²) in [5.41, 5.74) is 13.7. The lowest BCUT2D eigenvalue weighted by Crippen LogP contribution is -2.34. The summed E-state index contributed by atoms with van der Waals surface area (Å²) in [6.07, 6.45) is 8.61. The van der Waals surface area contributed by atoms with E-state index in [0.29, 0.717) is 17.9 Å². The molecule has 0 spiro atoms. The third-order valence-electron chi connectivity index (χ3n) is 8.52. The molecule has 0 bridgehead atoms. The molecule has 5 heterocycles. The Morgan fingerprint density at radius 3 is 2.64 bits per heavy atom. The SMILES string of the molecule is Nc1ncccc1-c1nc2ccc(-n3cccn3)nc2n1-c1ccc2c(c1)CC[C@@H]2N[C@@H]1CCN(c2ccccc2)C1. The van der Waals surface area contributed by atoms with Crippen molar-refractivity contribution in [2.45, 2.75) is 31.3 Å². The minimum Gasteiger partial charge on any atom is -0.383 e. The highest BCUT2D eigenvalue weighted by Gasteiger charge is 2.29. The zero-order chi connectivity index (χ0) is 28.0. The number of benzene rings is 2. The molecule has 3 N–H and O–H groups in total. The van der Waals surface area contributed by atoms with Crippen LogP contribution in [-0.2, 0) is 6.42 Å². The lowest BCUT2D eigenvalue weighted by atomic mass is 10.1. The quantitative estimate of drug-likeness (QED) is 0.296. The van der Waals surface area contributed by atoms with Gasteiger partial charge in [-0.3, -0.25) is 4.57 Å². The first kappa shape index (κ1) is 24.8. The van der Waals surface area contributed by atoms with Crippen LogP contribution in [0.4, 0.5) is 11.5 Å². The van der Waals surface area contributed by atoms with E-state index >= 15 is 0 Å². The van der Waals surface area contributed by atoms with Gasteiger partial charge in [-0.15, -0.1) is 0 Å². The molecule has 9 heteroatoms. The van der Waals surface area contributed by atoms with Gasteiger partial charge in [0.1, 0.15) is 11.3 Å². The molecule has 1 aliphatic heterocycles. The van der Waals surface area contributed by atoms with Crippen molar-refractivity contribution in [2.24, 2.45) is 0 Å². The molecule has 4 aromatic heterocycles. The molecule has 1 saturated heterocycles. The molecule has 8 rings (SSSR count). The Kier molecular flexibility index (Phi) is 5.96. The summed E-state index contributed by atoms with van der Waals surface area (Å²) >= 11 is 0. The Bertz CT molecular complexity index is 1880. The number of nitrogens with two attached hydrogens (primary N) is 1. The first-order chi connectivity index (χ1) is 20.7. The molecule has 2 aromatic carbocycles. The summed E-state index contributed by atoms with van der Waals surface area (Å²) in [5.74, 6) is 1.89. The fourth-order valence-corrected chi connectivity index (χ4v) is 6.48. The Morgan fingerprint density at radius 1 is 0.857 bits per heavy atom. The minimum absolute atomic E-state index is 0.354. The van der Waals surface area contributed by atoms with Gasteiger partial charge in [0.15, 0.2) is 17.3 Å². The second-order valence-corrected chi connectivity index (χ2v) is 11.1. The summed E-state index contributed by atoms with van der Waals surface area (Å²) in [5, 5.41) is 8.36. The molecule has 0 unspecified atom stereocenters. The second-order valence-electron chi connectivity index (χ2n) is 11.1. The third kappa shape index (κ3) is 4.29. The number of hydrogen-bond acceptors (Lipinski definition) is 7. The highest BCUT2D eigenvalue weighted by molar-refractivity contribution is 5.83. The van der Waals surface area contributed by atoms with Gasteiger partial charge in [0, 0.05) is 55.1 Å². The van der Waals surface area contributed by atoms with Crippen LogP contribution in [0.5, 0.6) is 0 Å². The van der Waals surface area contributed by atoms with Crippen molar-refractivity contribution in [2.75, 3.05) is 23.7 Å². The molecule has 2 atom stereocenters. The Hall–Kier alpha value is -5.02. The summed E-state index contributed by atoms with van der Waals surface area (Å²) in [6.45, 7) is 2.12. The van der Waals surface area contributed by atoms with E-state index in [-0.39, 0.29) is 0 Å². The highest BCUT2D eigenvalue weighted by atomic mass is 15.3. The molecule has 208 valence electrons. The van der Waals surface area contributed by atoms with Crippen molar-refractivity contribution in [3.8, 4) is 22.9 Å². The van der Waals surface area contributed by atoms with Crippen molar-refractivity contribution in [3.63, 3.8) is 0 Å². The van der Waals surface area contributed by atoms with E-state index in [2.05, 4.69) is 73.4 Å². The first-order valence-electron chi connectivity index (χ1n) is 14.5. The third-order valence-corrected chi connectivity index (χ3v) is 8.52. The average Bonchev–Trinajstić information content (AvgIpc) is 3.84. The van der Waals surface area contributed by atoms with Crippen LogP contribution in [0.3, 0.4) is 0 Å². The number of aromatic nitrogens is 6.